The lowest BCUT2D eigenvalue weighted by Crippen LogP contribution is -2.03. The largest absolute Gasteiger partial charge is 0.494 e. The second-order valence-electron chi connectivity index (χ2n) is 3.10. The Morgan fingerprint density at radius 3 is 2.00 bits per heavy atom. The van der Waals surface area contributed by atoms with Crippen LogP contribution in [-0.2, 0) is 0 Å². The first kappa shape index (κ1) is 11.5. The summed E-state index contributed by atoms with van der Waals surface area (Å²) in [5.41, 5.74) is 0. The maximum absolute atomic E-state index is 5.42. The van der Waals surface area contributed by atoms with E-state index in [-0.39, 0.29) is 7.92 Å². The minimum absolute atomic E-state index is 0.0714. The molecular formula is C12H19OP. The molecule has 78 valence electrons. The van der Waals surface area contributed by atoms with Crippen molar-refractivity contribution in [2.24, 2.45) is 0 Å². The van der Waals surface area contributed by atoms with Crippen LogP contribution in [0.2, 0.25) is 0 Å². The van der Waals surface area contributed by atoms with Gasteiger partial charge in [-0.1, -0.05) is 33.9 Å². The molecule has 1 nitrogen and oxygen atoms in total. The average Bonchev–Trinajstić information content (AvgIpc) is 2.23. The van der Waals surface area contributed by atoms with Crippen LogP contribution in [0.1, 0.15) is 20.8 Å². The Hall–Kier alpha value is -0.550. The van der Waals surface area contributed by atoms with Crippen LogP contribution in [0.4, 0.5) is 0 Å². The summed E-state index contributed by atoms with van der Waals surface area (Å²) in [6.07, 6.45) is 2.56. The summed E-state index contributed by atoms with van der Waals surface area (Å²) in [7, 11) is 0.0714. The van der Waals surface area contributed by atoms with Gasteiger partial charge < -0.3 is 4.74 Å². The van der Waals surface area contributed by atoms with Gasteiger partial charge in [0.25, 0.3) is 0 Å². The van der Waals surface area contributed by atoms with Crippen LogP contribution < -0.4 is 10.0 Å². The Labute approximate surface area is 88.2 Å². The second kappa shape index (κ2) is 6.03. The molecule has 1 aromatic rings. The highest BCUT2D eigenvalue weighted by Crippen LogP contribution is 2.33. The third-order valence-electron chi connectivity index (χ3n) is 2.28. The van der Waals surface area contributed by atoms with Gasteiger partial charge in [0.15, 0.2) is 0 Å². The van der Waals surface area contributed by atoms with Gasteiger partial charge in [-0.2, -0.15) is 0 Å². The monoisotopic (exact) mass is 210 g/mol. The van der Waals surface area contributed by atoms with Gasteiger partial charge in [0.1, 0.15) is 5.75 Å². The summed E-state index contributed by atoms with van der Waals surface area (Å²) in [5.74, 6) is 0.985. The Bertz CT molecular complexity index is 252. The molecule has 0 radical (unpaired) electrons. The van der Waals surface area contributed by atoms with Crippen molar-refractivity contribution in [1.82, 2.24) is 0 Å². The van der Waals surface area contributed by atoms with Crippen molar-refractivity contribution in [2.75, 3.05) is 18.9 Å². The molecule has 0 N–H and O–H groups in total. The summed E-state index contributed by atoms with van der Waals surface area (Å²) in [4.78, 5) is 0. The van der Waals surface area contributed by atoms with Crippen molar-refractivity contribution in [3.63, 3.8) is 0 Å². The lowest BCUT2D eigenvalue weighted by molar-refractivity contribution is 0.340. The van der Waals surface area contributed by atoms with Crippen molar-refractivity contribution >= 4 is 13.2 Å². The molecule has 0 aliphatic rings. The molecule has 0 aliphatic heterocycles. The Morgan fingerprint density at radius 1 is 1.00 bits per heavy atom. The Morgan fingerprint density at radius 2 is 1.57 bits per heavy atom. The summed E-state index contributed by atoms with van der Waals surface area (Å²) < 4.78 is 5.42. The Balaban J connectivity index is 2.71. The van der Waals surface area contributed by atoms with E-state index < -0.39 is 0 Å². The molecular weight excluding hydrogens is 191 g/mol. The normalized spacial score (nSPS) is 10.6. The number of rotatable bonds is 5. The van der Waals surface area contributed by atoms with E-state index in [0.717, 1.165) is 12.4 Å². The molecule has 0 aliphatic carbocycles. The zero-order chi connectivity index (χ0) is 10.4. The molecule has 1 rings (SSSR count). The maximum Gasteiger partial charge on any atom is 0.119 e. The molecule has 0 saturated carbocycles. The van der Waals surface area contributed by atoms with E-state index in [0.29, 0.717) is 0 Å². The fourth-order valence-electron chi connectivity index (χ4n) is 1.51. The van der Waals surface area contributed by atoms with Crippen LogP contribution in [-0.4, -0.2) is 18.9 Å². The highest BCUT2D eigenvalue weighted by molar-refractivity contribution is 7.65. The van der Waals surface area contributed by atoms with Crippen LogP contribution in [0.25, 0.3) is 0 Å². The third-order valence-corrected chi connectivity index (χ3v) is 4.83. The lowest BCUT2D eigenvalue weighted by Gasteiger charge is -2.13. The fourth-order valence-corrected chi connectivity index (χ4v) is 3.26. The molecule has 0 spiro atoms. The zero-order valence-corrected chi connectivity index (χ0v) is 10.2. The summed E-state index contributed by atoms with van der Waals surface area (Å²) in [5, 5.41) is 1.49. The Kier molecular flexibility index (Phi) is 4.97. The molecule has 14 heavy (non-hydrogen) atoms. The van der Waals surface area contributed by atoms with E-state index in [1.54, 1.807) is 0 Å². The van der Waals surface area contributed by atoms with E-state index in [1.807, 2.05) is 6.92 Å². The molecule has 0 atom stereocenters. The van der Waals surface area contributed by atoms with Crippen molar-refractivity contribution in [2.45, 2.75) is 20.8 Å². The van der Waals surface area contributed by atoms with Crippen LogP contribution in [0.15, 0.2) is 24.3 Å². The van der Waals surface area contributed by atoms with Gasteiger partial charge in [-0.05, 0) is 36.7 Å². The minimum Gasteiger partial charge on any atom is -0.494 e. The summed E-state index contributed by atoms with van der Waals surface area (Å²) in [6, 6.07) is 8.59. The SMILES string of the molecule is CCOc1ccc(P(CC)CC)cc1. The van der Waals surface area contributed by atoms with Crippen molar-refractivity contribution in [3.05, 3.63) is 24.3 Å². The quantitative estimate of drug-likeness (QED) is 0.678. The van der Waals surface area contributed by atoms with Gasteiger partial charge in [-0.3, -0.25) is 0 Å². The highest BCUT2D eigenvalue weighted by Gasteiger charge is 2.05. The maximum atomic E-state index is 5.42. The van der Waals surface area contributed by atoms with Crippen molar-refractivity contribution in [1.29, 1.82) is 0 Å². The fraction of sp³-hybridized carbons (Fsp3) is 0.500. The van der Waals surface area contributed by atoms with Crippen LogP contribution in [0.5, 0.6) is 5.75 Å². The number of ether oxygens (including phenoxy) is 1. The van der Waals surface area contributed by atoms with Gasteiger partial charge >= 0.3 is 0 Å². The first-order valence-corrected chi connectivity index (χ1v) is 7.00. The van der Waals surface area contributed by atoms with E-state index in [2.05, 4.69) is 38.1 Å². The smallest absolute Gasteiger partial charge is 0.119 e. The molecule has 2 heteroatoms. The third kappa shape index (κ3) is 2.99. The molecule has 0 fully saturated rings. The standard InChI is InChI=1S/C12H19OP/c1-4-13-11-7-9-12(10-8-11)14(5-2)6-3/h7-10H,4-6H2,1-3H3. The minimum atomic E-state index is 0.0714. The topological polar surface area (TPSA) is 9.23 Å². The van der Waals surface area contributed by atoms with Crippen LogP contribution in [0.3, 0.4) is 0 Å². The van der Waals surface area contributed by atoms with Gasteiger partial charge in [0.2, 0.25) is 0 Å². The van der Waals surface area contributed by atoms with Gasteiger partial charge in [0.05, 0.1) is 6.61 Å². The predicted octanol–water partition coefficient (Wildman–Crippen LogP) is 3.23. The van der Waals surface area contributed by atoms with Crippen LogP contribution in [0, 0.1) is 0 Å². The molecule has 1 aromatic carbocycles. The van der Waals surface area contributed by atoms with Crippen molar-refractivity contribution < 1.29 is 4.74 Å². The highest BCUT2D eigenvalue weighted by atomic mass is 31.1. The zero-order valence-electron chi connectivity index (χ0n) is 9.29. The van der Waals surface area contributed by atoms with E-state index >= 15 is 0 Å². The average molecular weight is 210 g/mol. The van der Waals surface area contributed by atoms with E-state index in [1.165, 1.54) is 17.6 Å². The lowest BCUT2D eigenvalue weighted by atomic mass is 10.3. The molecule has 0 bridgehead atoms. The first-order valence-electron chi connectivity index (χ1n) is 5.29. The predicted molar refractivity (Wildman–Crippen MR) is 65.2 cm³/mol. The molecule has 0 saturated heterocycles. The molecule has 0 unspecified atom stereocenters. The van der Waals surface area contributed by atoms with E-state index in [9.17, 15) is 0 Å². The molecule has 0 amide bonds. The van der Waals surface area contributed by atoms with Crippen molar-refractivity contribution in [3.8, 4) is 5.75 Å². The summed E-state index contributed by atoms with van der Waals surface area (Å²) >= 11 is 0. The summed E-state index contributed by atoms with van der Waals surface area (Å²) in [6.45, 7) is 7.30. The molecule has 0 heterocycles. The first-order chi connectivity index (χ1) is 6.81. The van der Waals surface area contributed by atoms with Gasteiger partial charge in [0, 0.05) is 0 Å². The number of hydrogen-bond donors (Lipinski definition) is 0. The number of benzene rings is 1. The van der Waals surface area contributed by atoms with Crippen LogP contribution >= 0.6 is 7.92 Å². The second-order valence-corrected chi connectivity index (χ2v) is 5.96. The van der Waals surface area contributed by atoms with Gasteiger partial charge in [-0.25, -0.2) is 0 Å². The number of hydrogen-bond acceptors (Lipinski definition) is 1. The molecule has 0 aromatic heterocycles. The van der Waals surface area contributed by atoms with Gasteiger partial charge in [-0.15, -0.1) is 0 Å². The van der Waals surface area contributed by atoms with E-state index in [4.69, 9.17) is 4.74 Å².